The molecule has 41 heavy (non-hydrogen) atoms. The van der Waals surface area contributed by atoms with E-state index in [9.17, 15) is 19.2 Å². The van der Waals surface area contributed by atoms with E-state index in [1.165, 1.54) is 16.5 Å². The van der Waals surface area contributed by atoms with Crippen molar-refractivity contribution < 1.29 is 9.59 Å². The number of hydrogen-bond acceptors (Lipinski definition) is 7. The number of aromatic nitrogens is 4. The lowest BCUT2D eigenvalue weighted by atomic mass is 10.1. The molecule has 2 aliphatic rings. The van der Waals surface area contributed by atoms with Crippen LogP contribution in [0.5, 0.6) is 0 Å². The molecule has 4 aromatic rings. The van der Waals surface area contributed by atoms with Crippen LogP contribution in [0.4, 0.5) is 11.6 Å². The van der Waals surface area contributed by atoms with E-state index in [0.717, 1.165) is 21.3 Å². The van der Waals surface area contributed by atoms with Gasteiger partial charge in [0.15, 0.2) is 11.2 Å². The molecule has 11 heteroatoms. The van der Waals surface area contributed by atoms with E-state index < -0.39 is 11.7 Å². The monoisotopic (exact) mass is 555 g/mol. The summed E-state index contributed by atoms with van der Waals surface area (Å²) < 4.78 is 4.41. The molecule has 0 spiro atoms. The third kappa shape index (κ3) is 4.55. The maximum atomic E-state index is 13.4. The zero-order valence-corrected chi connectivity index (χ0v) is 23.7. The minimum atomic E-state index is -0.509. The van der Waals surface area contributed by atoms with Crippen molar-refractivity contribution in [3.8, 4) is 0 Å². The molecule has 0 N–H and O–H groups in total. The lowest BCUT2D eigenvalue weighted by Gasteiger charge is -2.37. The molecule has 11 nitrogen and oxygen atoms in total. The van der Waals surface area contributed by atoms with Crippen LogP contribution in [0.15, 0.2) is 58.1 Å². The van der Waals surface area contributed by atoms with Gasteiger partial charge in [0.25, 0.3) is 11.5 Å². The van der Waals surface area contributed by atoms with E-state index in [-0.39, 0.29) is 23.8 Å². The number of hydrogen-bond donors (Lipinski definition) is 0. The largest absolute Gasteiger partial charge is 0.340 e. The average Bonchev–Trinajstić information content (AvgIpc) is 3.49. The lowest BCUT2D eigenvalue weighted by molar-refractivity contribution is -0.123. The van der Waals surface area contributed by atoms with Crippen molar-refractivity contribution in [2.24, 2.45) is 14.1 Å². The highest BCUT2D eigenvalue weighted by atomic mass is 16.2. The summed E-state index contributed by atoms with van der Waals surface area (Å²) in [5.74, 6) is 0.217. The van der Waals surface area contributed by atoms with Gasteiger partial charge in [-0.25, -0.2) is 9.69 Å². The van der Waals surface area contributed by atoms with Crippen molar-refractivity contribution in [2.75, 3.05) is 36.0 Å². The van der Waals surface area contributed by atoms with Gasteiger partial charge in [0, 0.05) is 40.3 Å². The Kier molecular flexibility index (Phi) is 6.61. The number of anilines is 2. The van der Waals surface area contributed by atoms with Crippen LogP contribution in [0, 0.1) is 13.8 Å². The number of amides is 2. The van der Waals surface area contributed by atoms with E-state index in [0.29, 0.717) is 55.5 Å². The standard InChI is InChI=1S/C30H33N7O4/c1-19-5-9-21(10-6-19)18-36-25-26(32(3)30(41)33(4)28(25)40)31-29(36)35-15-13-34(14-16-35)23-17-24(38)37(27(23)39)22-11-7-20(2)8-12-22/h5-12,23H,13-18H2,1-4H3. The predicted molar refractivity (Wildman–Crippen MR) is 156 cm³/mol. The molecule has 2 fully saturated rings. The number of rotatable bonds is 5. The molecule has 2 aromatic carbocycles. The van der Waals surface area contributed by atoms with Crippen molar-refractivity contribution >= 4 is 34.6 Å². The van der Waals surface area contributed by atoms with Crippen LogP contribution >= 0.6 is 0 Å². The Hall–Kier alpha value is -4.51. The molecule has 4 heterocycles. The molecule has 1 atom stereocenters. The fourth-order valence-corrected chi connectivity index (χ4v) is 5.80. The van der Waals surface area contributed by atoms with Gasteiger partial charge >= 0.3 is 5.69 Å². The zero-order valence-electron chi connectivity index (χ0n) is 23.7. The van der Waals surface area contributed by atoms with Crippen LogP contribution in [0.3, 0.4) is 0 Å². The molecular weight excluding hydrogens is 522 g/mol. The van der Waals surface area contributed by atoms with Crippen LogP contribution in [0.2, 0.25) is 0 Å². The van der Waals surface area contributed by atoms with E-state index in [4.69, 9.17) is 4.98 Å². The number of nitrogens with zero attached hydrogens (tertiary/aromatic N) is 7. The summed E-state index contributed by atoms with van der Waals surface area (Å²) in [6.45, 7) is 6.61. The second kappa shape index (κ2) is 10.2. The van der Waals surface area contributed by atoms with E-state index in [1.54, 1.807) is 7.05 Å². The Morgan fingerprint density at radius 3 is 2.05 bits per heavy atom. The van der Waals surface area contributed by atoms with E-state index >= 15 is 0 Å². The average molecular weight is 556 g/mol. The summed E-state index contributed by atoms with van der Waals surface area (Å²) in [7, 11) is 3.10. The van der Waals surface area contributed by atoms with Gasteiger partial charge in [-0.05, 0) is 31.5 Å². The fraction of sp³-hybridized carbons (Fsp3) is 0.367. The van der Waals surface area contributed by atoms with Gasteiger partial charge in [-0.1, -0.05) is 47.5 Å². The van der Waals surface area contributed by atoms with Crippen LogP contribution in [0.25, 0.3) is 11.2 Å². The summed E-state index contributed by atoms with van der Waals surface area (Å²) in [6, 6.07) is 15.0. The second-order valence-corrected chi connectivity index (χ2v) is 11.0. The van der Waals surface area contributed by atoms with Crippen molar-refractivity contribution in [3.05, 3.63) is 86.1 Å². The molecule has 6 rings (SSSR count). The topological polar surface area (TPSA) is 106 Å². The molecule has 2 saturated heterocycles. The van der Waals surface area contributed by atoms with Crippen LogP contribution in [-0.4, -0.2) is 67.6 Å². The minimum Gasteiger partial charge on any atom is -0.340 e. The smallest absolute Gasteiger partial charge is 0.332 e. The maximum Gasteiger partial charge on any atom is 0.332 e. The van der Waals surface area contributed by atoms with Gasteiger partial charge in [0.05, 0.1) is 24.7 Å². The number of aryl methyl sites for hydroxylation is 3. The van der Waals surface area contributed by atoms with Crippen molar-refractivity contribution in [3.63, 3.8) is 0 Å². The van der Waals surface area contributed by atoms with Crippen molar-refractivity contribution in [2.45, 2.75) is 32.9 Å². The number of imidazole rings is 1. The first-order chi connectivity index (χ1) is 19.6. The highest BCUT2D eigenvalue weighted by molar-refractivity contribution is 6.22. The first-order valence-corrected chi connectivity index (χ1v) is 13.8. The van der Waals surface area contributed by atoms with E-state index in [1.807, 2.05) is 66.9 Å². The molecule has 2 aliphatic heterocycles. The Morgan fingerprint density at radius 1 is 0.805 bits per heavy atom. The number of carbonyl (C=O) groups excluding carboxylic acids is 2. The Labute approximate surface area is 236 Å². The summed E-state index contributed by atoms with van der Waals surface area (Å²) in [5.41, 5.74) is 3.71. The number of piperazine rings is 1. The normalized spacial score (nSPS) is 18.2. The van der Waals surface area contributed by atoms with Gasteiger partial charge in [-0.3, -0.25) is 33.0 Å². The number of carbonyl (C=O) groups is 2. The molecule has 1 unspecified atom stereocenters. The van der Waals surface area contributed by atoms with Gasteiger partial charge < -0.3 is 4.90 Å². The zero-order chi connectivity index (χ0) is 29.0. The highest BCUT2D eigenvalue weighted by Gasteiger charge is 2.43. The number of imide groups is 1. The summed E-state index contributed by atoms with van der Waals surface area (Å²) >= 11 is 0. The Morgan fingerprint density at radius 2 is 1.41 bits per heavy atom. The Balaban J connectivity index is 1.29. The highest BCUT2D eigenvalue weighted by Crippen LogP contribution is 2.28. The van der Waals surface area contributed by atoms with Crippen molar-refractivity contribution in [1.82, 2.24) is 23.6 Å². The fourth-order valence-electron chi connectivity index (χ4n) is 5.80. The van der Waals surface area contributed by atoms with Crippen LogP contribution < -0.4 is 21.0 Å². The molecule has 2 amide bonds. The maximum absolute atomic E-state index is 13.4. The third-order valence-corrected chi connectivity index (χ3v) is 8.24. The van der Waals surface area contributed by atoms with Crippen molar-refractivity contribution in [1.29, 1.82) is 0 Å². The molecule has 0 bridgehead atoms. The van der Waals surface area contributed by atoms with Gasteiger partial charge in [-0.2, -0.15) is 4.98 Å². The van der Waals surface area contributed by atoms with Crippen LogP contribution in [-0.2, 0) is 30.2 Å². The lowest BCUT2D eigenvalue weighted by Crippen LogP contribution is -2.53. The summed E-state index contributed by atoms with van der Waals surface area (Å²) in [5, 5.41) is 0. The molecular formula is C30H33N7O4. The molecule has 0 radical (unpaired) electrons. The first-order valence-electron chi connectivity index (χ1n) is 13.8. The molecule has 0 aliphatic carbocycles. The number of benzene rings is 2. The first kappa shape index (κ1) is 26.7. The second-order valence-electron chi connectivity index (χ2n) is 11.0. The van der Waals surface area contributed by atoms with Crippen LogP contribution in [0.1, 0.15) is 23.1 Å². The molecule has 212 valence electrons. The Bertz CT molecular complexity index is 1780. The van der Waals surface area contributed by atoms with Gasteiger partial charge in [-0.15, -0.1) is 0 Å². The van der Waals surface area contributed by atoms with Gasteiger partial charge in [0.2, 0.25) is 11.9 Å². The van der Waals surface area contributed by atoms with E-state index in [2.05, 4.69) is 9.80 Å². The minimum absolute atomic E-state index is 0.150. The predicted octanol–water partition coefficient (Wildman–Crippen LogP) is 1.55. The summed E-state index contributed by atoms with van der Waals surface area (Å²) in [4.78, 5) is 62.5. The molecule has 2 aromatic heterocycles. The van der Waals surface area contributed by atoms with Gasteiger partial charge in [0.1, 0.15) is 0 Å². The third-order valence-electron chi connectivity index (χ3n) is 8.24. The number of fused-ring (bicyclic) bond motifs is 1. The quantitative estimate of drug-likeness (QED) is 0.344. The SMILES string of the molecule is Cc1ccc(Cn2c(N3CCN(C4CC(=O)N(c5ccc(C)cc5)C4=O)CC3)nc3c2c(=O)n(C)c(=O)n3C)cc1. The molecule has 0 saturated carbocycles. The summed E-state index contributed by atoms with van der Waals surface area (Å²) in [6.07, 6.45) is 0.150.